The van der Waals surface area contributed by atoms with Crippen molar-refractivity contribution >= 4 is 12.1 Å². The van der Waals surface area contributed by atoms with Crippen molar-refractivity contribution in [3.63, 3.8) is 0 Å². The maximum atomic E-state index is 10.3. The van der Waals surface area contributed by atoms with Crippen LogP contribution in [-0.4, -0.2) is 44.2 Å². The first-order valence-electron chi connectivity index (χ1n) is 3.18. The molecule has 0 radical (unpaired) electrons. The Kier molecular flexibility index (Phi) is 5.72. The van der Waals surface area contributed by atoms with Crippen LogP contribution < -0.4 is 0 Å². The molecule has 0 bridgehead atoms. The summed E-state index contributed by atoms with van der Waals surface area (Å²) in [7, 11) is 1.17. The van der Waals surface area contributed by atoms with Crippen LogP contribution in [0.3, 0.4) is 0 Å². The van der Waals surface area contributed by atoms with Gasteiger partial charge in [0.05, 0.1) is 7.11 Å². The van der Waals surface area contributed by atoms with E-state index < -0.39 is 18.7 Å². The Morgan fingerprint density at radius 2 is 1.83 bits per heavy atom. The molecule has 6 nitrogen and oxygen atoms in total. The van der Waals surface area contributed by atoms with Crippen LogP contribution in [0.25, 0.3) is 0 Å². The second-order valence-electron chi connectivity index (χ2n) is 1.68. The molecular formula is C6H10O6. The summed E-state index contributed by atoms with van der Waals surface area (Å²) in [5.41, 5.74) is 0. The highest BCUT2D eigenvalue weighted by atomic mass is 16.7. The molecule has 0 aliphatic rings. The first-order chi connectivity index (χ1) is 5.70. The molecule has 1 N–H and O–H groups in total. The van der Waals surface area contributed by atoms with Crippen molar-refractivity contribution < 1.29 is 28.9 Å². The summed E-state index contributed by atoms with van der Waals surface area (Å²) in [4.78, 5) is 20.6. The zero-order chi connectivity index (χ0) is 9.40. The smallest absolute Gasteiger partial charge is 0.460 e. The second kappa shape index (κ2) is 6.41. The van der Waals surface area contributed by atoms with Gasteiger partial charge in [0.25, 0.3) is 0 Å². The maximum absolute atomic E-state index is 10.3. The van der Waals surface area contributed by atoms with E-state index in [9.17, 15) is 9.59 Å². The van der Waals surface area contributed by atoms with Crippen molar-refractivity contribution in [3.8, 4) is 0 Å². The second-order valence-corrected chi connectivity index (χ2v) is 1.68. The van der Waals surface area contributed by atoms with Crippen LogP contribution in [0.1, 0.15) is 0 Å². The lowest BCUT2D eigenvalue weighted by atomic mass is 10.7. The molecule has 0 aromatic heterocycles. The van der Waals surface area contributed by atoms with Gasteiger partial charge in [0.2, 0.25) is 0 Å². The van der Waals surface area contributed by atoms with Gasteiger partial charge in [-0.1, -0.05) is 0 Å². The molecule has 0 amide bonds. The Morgan fingerprint density at radius 3 is 2.33 bits per heavy atom. The van der Waals surface area contributed by atoms with Crippen molar-refractivity contribution in [2.75, 3.05) is 26.9 Å². The SMILES string of the molecule is COC(=O)OCCOC(=O)CO. The lowest BCUT2D eigenvalue weighted by Gasteiger charge is -2.03. The van der Waals surface area contributed by atoms with E-state index in [1.807, 2.05) is 0 Å². The summed E-state index contributed by atoms with van der Waals surface area (Å²) in [6.45, 7) is -0.856. The largest absolute Gasteiger partial charge is 0.508 e. The number of hydrogen-bond acceptors (Lipinski definition) is 6. The number of esters is 1. The van der Waals surface area contributed by atoms with Gasteiger partial charge in [-0.2, -0.15) is 0 Å². The minimum Gasteiger partial charge on any atom is -0.460 e. The Hall–Kier alpha value is -1.30. The molecule has 0 saturated carbocycles. The number of methoxy groups -OCH3 is 1. The van der Waals surface area contributed by atoms with E-state index in [0.717, 1.165) is 0 Å². The third-order valence-corrected chi connectivity index (χ3v) is 0.862. The molecule has 0 fully saturated rings. The molecular weight excluding hydrogens is 168 g/mol. The summed E-state index contributed by atoms with van der Waals surface area (Å²) >= 11 is 0. The molecule has 12 heavy (non-hydrogen) atoms. The summed E-state index contributed by atoms with van der Waals surface area (Å²) in [6.07, 6.45) is -0.838. The third-order valence-electron chi connectivity index (χ3n) is 0.862. The van der Waals surface area contributed by atoms with E-state index in [4.69, 9.17) is 5.11 Å². The van der Waals surface area contributed by atoms with Crippen LogP contribution in [0, 0.1) is 0 Å². The molecule has 0 spiro atoms. The fraction of sp³-hybridized carbons (Fsp3) is 0.667. The van der Waals surface area contributed by atoms with E-state index in [2.05, 4.69) is 14.2 Å². The minimum absolute atomic E-state index is 0.0849. The zero-order valence-corrected chi connectivity index (χ0v) is 6.61. The van der Waals surface area contributed by atoms with Gasteiger partial charge in [0, 0.05) is 0 Å². The first kappa shape index (κ1) is 10.7. The predicted molar refractivity (Wildman–Crippen MR) is 36.4 cm³/mol. The molecule has 0 unspecified atom stereocenters. The topological polar surface area (TPSA) is 82.1 Å². The lowest BCUT2D eigenvalue weighted by molar-refractivity contribution is -0.148. The zero-order valence-electron chi connectivity index (χ0n) is 6.61. The Labute approximate surface area is 69.0 Å². The van der Waals surface area contributed by atoms with Crippen molar-refractivity contribution in [2.45, 2.75) is 0 Å². The first-order valence-corrected chi connectivity index (χ1v) is 3.18. The van der Waals surface area contributed by atoms with Gasteiger partial charge in [0.15, 0.2) is 0 Å². The fourth-order valence-corrected chi connectivity index (χ4v) is 0.385. The van der Waals surface area contributed by atoms with Crippen molar-refractivity contribution in [1.82, 2.24) is 0 Å². The Balaban J connectivity index is 3.21. The van der Waals surface area contributed by atoms with Crippen molar-refractivity contribution in [1.29, 1.82) is 0 Å². The van der Waals surface area contributed by atoms with E-state index in [0.29, 0.717) is 0 Å². The van der Waals surface area contributed by atoms with Gasteiger partial charge in [-0.05, 0) is 0 Å². The molecule has 0 aliphatic carbocycles. The molecule has 0 heterocycles. The fourth-order valence-electron chi connectivity index (χ4n) is 0.385. The van der Waals surface area contributed by atoms with Crippen LogP contribution in [0.15, 0.2) is 0 Å². The van der Waals surface area contributed by atoms with E-state index in [-0.39, 0.29) is 13.2 Å². The average Bonchev–Trinajstić information content (AvgIpc) is 2.11. The maximum Gasteiger partial charge on any atom is 0.508 e. The monoisotopic (exact) mass is 178 g/mol. The molecule has 0 rings (SSSR count). The van der Waals surface area contributed by atoms with Crippen molar-refractivity contribution in [3.05, 3.63) is 0 Å². The van der Waals surface area contributed by atoms with E-state index in [1.165, 1.54) is 7.11 Å². The molecule has 70 valence electrons. The van der Waals surface area contributed by atoms with Crippen LogP contribution in [-0.2, 0) is 19.0 Å². The quantitative estimate of drug-likeness (QED) is 0.453. The number of rotatable bonds is 4. The standard InChI is InChI=1S/C6H10O6/c1-10-6(9)12-3-2-11-5(8)4-7/h7H,2-4H2,1H3. The number of aliphatic hydroxyl groups is 1. The van der Waals surface area contributed by atoms with Crippen LogP contribution in [0.2, 0.25) is 0 Å². The molecule has 6 heteroatoms. The lowest BCUT2D eigenvalue weighted by Crippen LogP contribution is -2.15. The van der Waals surface area contributed by atoms with Gasteiger partial charge in [-0.25, -0.2) is 9.59 Å². The highest BCUT2D eigenvalue weighted by Gasteiger charge is 2.01. The van der Waals surface area contributed by atoms with Crippen LogP contribution >= 0.6 is 0 Å². The number of carbonyl (C=O) groups excluding carboxylic acids is 2. The van der Waals surface area contributed by atoms with E-state index >= 15 is 0 Å². The molecule has 0 aliphatic heterocycles. The third kappa shape index (κ3) is 5.48. The number of carbonyl (C=O) groups is 2. The van der Waals surface area contributed by atoms with Crippen LogP contribution in [0.4, 0.5) is 4.79 Å². The normalized spacial score (nSPS) is 8.83. The summed E-state index contributed by atoms with van der Waals surface area (Å²) < 4.78 is 12.9. The van der Waals surface area contributed by atoms with Gasteiger partial charge in [0.1, 0.15) is 19.8 Å². The predicted octanol–water partition coefficient (Wildman–Crippen LogP) is -0.695. The van der Waals surface area contributed by atoms with Gasteiger partial charge < -0.3 is 19.3 Å². The Bertz CT molecular complexity index is 136. The highest BCUT2D eigenvalue weighted by Crippen LogP contribution is 1.83. The number of ether oxygens (including phenoxy) is 3. The number of aliphatic hydroxyl groups excluding tert-OH is 1. The molecule has 0 aromatic rings. The summed E-state index contributed by atoms with van der Waals surface area (Å²) in [5, 5.41) is 8.18. The van der Waals surface area contributed by atoms with E-state index in [1.54, 1.807) is 0 Å². The van der Waals surface area contributed by atoms with Gasteiger partial charge >= 0.3 is 12.1 Å². The average molecular weight is 178 g/mol. The molecule has 0 aromatic carbocycles. The van der Waals surface area contributed by atoms with Crippen LogP contribution in [0.5, 0.6) is 0 Å². The van der Waals surface area contributed by atoms with Gasteiger partial charge in [-0.15, -0.1) is 0 Å². The van der Waals surface area contributed by atoms with Crippen molar-refractivity contribution in [2.24, 2.45) is 0 Å². The molecule has 0 saturated heterocycles. The number of hydrogen-bond donors (Lipinski definition) is 1. The summed E-state index contributed by atoms with van der Waals surface area (Å²) in [5.74, 6) is -0.761. The van der Waals surface area contributed by atoms with Gasteiger partial charge in [-0.3, -0.25) is 0 Å². The minimum atomic E-state index is -0.838. The molecule has 0 atom stereocenters. The summed E-state index contributed by atoms with van der Waals surface area (Å²) in [6, 6.07) is 0. The Morgan fingerprint density at radius 1 is 1.25 bits per heavy atom. The highest BCUT2D eigenvalue weighted by molar-refractivity contribution is 5.70.